The molecule has 2 amide bonds. The molecule has 6 heteroatoms. The topological polar surface area (TPSA) is 74.4 Å². The molecule has 132 valence electrons. The second kappa shape index (κ2) is 7.98. The van der Waals surface area contributed by atoms with Crippen molar-refractivity contribution in [2.45, 2.75) is 18.9 Å². The van der Waals surface area contributed by atoms with Crippen molar-refractivity contribution in [1.82, 2.24) is 15.2 Å². The van der Waals surface area contributed by atoms with Crippen LogP contribution in [-0.2, 0) is 20.7 Å². The van der Waals surface area contributed by atoms with E-state index in [4.69, 9.17) is 4.74 Å². The lowest BCUT2D eigenvalue weighted by Gasteiger charge is -2.34. The van der Waals surface area contributed by atoms with Gasteiger partial charge in [-0.25, -0.2) is 0 Å². The lowest BCUT2D eigenvalue weighted by atomic mass is 10.1. The smallest absolute Gasteiger partial charge is 0.246 e. The SMILES string of the molecule is C=CC(=O)N1CCOCC1CC(=O)NCCc1c[nH]c2ccccc12. The summed E-state index contributed by atoms with van der Waals surface area (Å²) in [4.78, 5) is 29.0. The molecule has 2 heterocycles. The number of ether oxygens (including phenoxy) is 1. The molecule has 3 rings (SSSR count). The summed E-state index contributed by atoms with van der Waals surface area (Å²) in [5.74, 6) is -0.225. The number of H-pyrrole nitrogens is 1. The average molecular weight is 341 g/mol. The highest BCUT2D eigenvalue weighted by molar-refractivity contribution is 5.88. The Bertz CT molecular complexity index is 768. The number of amides is 2. The molecule has 6 nitrogen and oxygen atoms in total. The predicted octanol–water partition coefficient (Wildman–Crippen LogP) is 1.63. The maximum Gasteiger partial charge on any atom is 0.246 e. The molecule has 2 aromatic rings. The molecule has 1 atom stereocenters. The van der Waals surface area contributed by atoms with Crippen LogP contribution in [0, 0.1) is 0 Å². The quantitative estimate of drug-likeness (QED) is 0.784. The number of carbonyl (C=O) groups excluding carboxylic acids is 2. The minimum absolute atomic E-state index is 0.0720. The van der Waals surface area contributed by atoms with Crippen LogP contribution >= 0.6 is 0 Å². The zero-order valence-electron chi connectivity index (χ0n) is 14.2. The minimum Gasteiger partial charge on any atom is -0.377 e. The van der Waals surface area contributed by atoms with Gasteiger partial charge in [0.15, 0.2) is 0 Å². The number of morpholine rings is 1. The van der Waals surface area contributed by atoms with E-state index in [1.54, 1.807) is 4.90 Å². The van der Waals surface area contributed by atoms with Crippen LogP contribution < -0.4 is 5.32 Å². The van der Waals surface area contributed by atoms with Crippen molar-refractivity contribution >= 4 is 22.7 Å². The molecule has 1 aromatic heterocycles. The number of nitrogens with zero attached hydrogens (tertiary/aromatic N) is 1. The summed E-state index contributed by atoms with van der Waals surface area (Å²) in [6.07, 6.45) is 4.27. The number of hydrogen-bond acceptors (Lipinski definition) is 3. The van der Waals surface area contributed by atoms with E-state index in [1.807, 2.05) is 24.4 Å². The first-order chi connectivity index (χ1) is 12.2. The number of para-hydroxylation sites is 1. The van der Waals surface area contributed by atoms with E-state index in [1.165, 1.54) is 17.0 Å². The Morgan fingerprint density at radius 1 is 1.40 bits per heavy atom. The Kier molecular flexibility index (Phi) is 5.50. The van der Waals surface area contributed by atoms with Crippen LogP contribution in [0.15, 0.2) is 43.1 Å². The molecule has 2 N–H and O–H groups in total. The molecule has 1 unspecified atom stereocenters. The lowest BCUT2D eigenvalue weighted by Crippen LogP contribution is -2.50. The summed E-state index contributed by atoms with van der Waals surface area (Å²) < 4.78 is 5.41. The largest absolute Gasteiger partial charge is 0.377 e. The molecular weight excluding hydrogens is 318 g/mol. The highest BCUT2D eigenvalue weighted by Gasteiger charge is 2.27. The van der Waals surface area contributed by atoms with Crippen LogP contribution in [0.25, 0.3) is 10.9 Å². The van der Waals surface area contributed by atoms with Crippen LogP contribution in [0.2, 0.25) is 0 Å². The van der Waals surface area contributed by atoms with Gasteiger partial charge in [0.2, 0.25) is 11.8 Å². The third-order valence-corrected chi connectivity index (χ3v) is 4.50. The Labute approximate surface area is 146 Å². The van der Waals surface area contributed by atoms with Crippen molar-refractivity contribution in [2.75, 3.05) is 26.3 Å². The fraction of sp³-hybridized carbons (Fsp3) is 0.368. The van der Waals surface area contributed by atoms with E-state index in [0.717, 1.165) is 11.9 Å². The van der Waals surface area contributed by atoms with Crippen LogP contribution in [0.5, 0.6) is 0 Å². The molecule has 1 aliphatic rings. The van der Waals surface area contributed by atoms with Gasteiger partial charge in [0.05, 0.1) is 19.3 Å². The first-order valence-corrected chi connectivity index (χ1v) is 8.51. The molecule has 1 saturated heterocycles. The van der Waals surface area contributed by atoms with Gasteiger partial charge in [-0.2, -0.15) is 0 Å². The van der Waals surface area contributed by atoms with E-state index in [-0.39, 0.29) is 24.3 Å². The molecule has 0 bridgehead atoms. The highest BCUT2D eigenvalue weighted by atomic mass is 16.5. The molecule has 1 fully saturated rings. The molecule has 0 aliphatic carbocycles. The fourth-order valence-corrected chi connectivity index (χ4v) is 3.19. The van der Waals surface area contributed by atoms with E-state index < -0.39 is 0 Å². The fourth-order valence-electron chi connectivity index (χ4n) is 3.19. The molecular formula is C19H23N3O3. The molecule has 1 aliphatic heterocycles. The van der Waals surface area contributed by atoms with E-state index >= 15 is 0 Å². The number of nitrogens with one attached hydrogen (secondary N) is 2. The van der Waals surface area contributed by atoms with Gasteiger partial charge in [0, 0.05) is 36.6 Å². The number of carbonyl (C=O) groups is 2. The van der Waals surface area contributed by atoms with Gasteiger partial charge in [-0.05, 0) is 24.1 Å². The van der Waals surface area contributed by atoms with Gasteiger partial charge in [0.25, 0.3) is 0 Å². The minimum atomic E-state index is -0.229. The molecule has 0 saturated carbocycles. The number of benzene rings is 1. The van der Waals surface area contributed by atoms with Gasteiger partial charge in [-0.15, -0.1) is 0 Å². The van der Waals surface area contributed by atoms with Gasteiger partial charge >= 0.3 is 0 Å². The van der Waals surface area contributed by atoms with Gasteiger partial charge in [-0.1, -0.05) is 24.8 Å². The number of hydrogen-bond donors (Lipinski definition) is 2. The van der Waals surface area contributed by atoms with E-state index in [9.17, 15) is 9.59 Å². The molecule has 0 radical (unpaired) electrons. The Balaban J connectivity index is 1.50. The second-order valence-electron chi connectivity index (χ2n) is 6.13. The Morgan fingerprint density at radius 3 is 3.08 bits per heavy atom. The maximum atomic E-state index is 12.2. The number of aromatic amines is 1. The monoisotopic (exact) mass is 341 g/mol. The number of aromatic nitrogens is 1. The maximum absolute atomic E-state index is 12.2. The van der Waals surface area contributed by atoms with Gasteiger partial charge < -0.3 is 19.9 Å². The normalized spacial score (nSPS) is 17.4. The van der Waals surface area contributed by atoms with Crippen LogP contribution in [0.3, 0.4) is 0 Å². The van der Waals surface area contributed by atoms with Crippen LogP contribution in [0.4, 0.5) is 0 Å². The lowest BCUT2D eigenvalue weighted by molar-refractivity contribution is -0.136. The van der Waals surface area contributed by atoms with E-state index in [0.29, 0.717) is 26.3 Å². The van der Waals surface area contributed by atoms with Crippen molar-refractivity contribution < 1.29 is 14.3 Å². The van der Waals surface area contributed by atoms with Crippen molar-refractivity contribution in [3.63, 3.8) is 0 Å². The summed E-state index contributed by atoms with van der Waals surface area (Å²) in [5, 5.41) is 4.12. The number of fused-ring (bicyclic) bond motifs is 1. The molecule has 0 spiro atoms. The summed E-state index contributed by atoms with van der Waals surface area (Å²) in [5.41, 5.74) is 2.28. The average Bonchev–Trinajstić information content (AvgIpc) is 3.05. The Morgan fingerprint density at radius 2 is 2.24 bits per heavy atom. The van der Waals surface area contributed by atoms with Crippen LogP contribution in [0.1, 0.15) is 12.0 Å². The molecule has 25 heavy (non-hydrogen) atoms. The van der Waals surface area contributed by atoms with E-state index in [2.05, 4.69) is 22.9 Å². The van der Waals surface area contributed by atoms with Crippen molar-refractivity contribution in [3.8, 4) is 0 Å². The third-order valence-electron chi connectivity index (χ3n) is 4.50. The Hall–Kier alpha value is -2.60. The first-order valence-electron chi connectivity index (χ1n) is 8.51. The zero-order chi connectivity index (χ0) is 17.6. The highest BCUT2D eigenvalue weighted by Crippen LogP contribution is 2.17. The predicted molar refractivity (Wildman–Crippen MR) is 96.1 cm³/mol. The number of rotatable bonds is 6. The van der Waals surface area contributed by atoms with Crippen molar-refractivity contribution in [2.24, 2.45) is 0 Å². The van der Waals surface area contributed by atoms with Crippen molar-refractivity contribution in [3.05, 3.63) is 48.7 Å². The summed E-state index contributed by atoms with van der Waals surface area (Å²) in [6.45, 7) is 5.46. The second-order valence-corrected chi connectivity index (χ2v) is 6.13. The molecule has 1 aromatic carbocycles. The first kappa shape index (κ1) is 17.2. The van der Waals surface area contributed by atoms with Crippen molar-refractivity contribution in [1.29, 1.82) is 0 Å². The standard InChI is InChI=1S/C19H23N3O3/c1-2-19(24)22-9-10-25-13-15(22)11-18(23)20-8-7-14-12-21-17-6-4-3-5-16(14)17/h2-6,12,15,21H,1,7-11,13H2,(H,20,23). The van der Waals surface area contributed by atoms with Crippen LogP contribution in [-0.4, -0.2) is 54.0 Å². The third kappa shape index (κ3) is 4.09. The summed E-state index contributed by atoms with van der Waals surface area (Å²) >= 11 is 0. The zero-order valence-corrected chi connectivity index (χ0v) is 14.2. The summed E-state index contributed by atoms with van der Waals surface area (Å²) in [6, 6.07) is 7.87. The summed E-state index contributed by atoms with van der Waals surface area (Å²) in [7, 11) is 0. The van der Waals surface area contributed by atoms with Gasteiger partial charge in [-0.3, -0.25) is 9.59 Å². The van der Waals surface area contributed by atoms with Gasteiger partial charge in [0.1, 0.15) is 0 Å².